The first-order valence-corrected chi connectivity index (χ1v) is 10.6. The number of rotatable bonds is 7. The molecule has 9 nitrogen and oxygen atoms in total. The predicted molar refractivity (Wildman–Crippen MR) is 109 cm³/mol. The number of carbonyl (C=O) groups is 1. The van der Waals surface area contributed by atoms with E-state index in [1.165, 1.54) is 18.2 Å². The molecule has 3 aromatic heterocycles. The van der Waals surface area contributed by atoms with E-state index in [1.54, 1.807) is 47.2 Å². The molecule has 30 heavy (non-hydrogen) atoms. The monoisotopic (exact) mass is 428 g/mol. The Morgan fingerprint density at radius 1 is 1.13 bits per heavy atom. The Labute approximate surface area is 171 Å². The Morgan fingerprint density at radius 2 is 1.93 bits per heavy atom. The van der Waals surface area contributed by atoms with E-state index in [9.17, 15) is 17.6 Å². The molecule has 4 aromatic rings. The summed E-state index contributed by atoms with van der Waals surface area (Å²) in [4.78, 5) is 12.2. The van der Waals surface area contributed by atoms with Gasteiger partial charge in [-0.2, -0.15) is 10.2 Å². The number of aromatic nitrogens is 4. The summed E-state index contributed by atoms with van der Waals surface area (Å²) in [7, 11) is -3.66. The number of nitrogens with zero attached hydrogens (tertiary/aromatic N) is 3. The topological polar surface area (TPSA) is 121 Å². The fraction of sp³-hybridized carbons (Fsp3) is 0.105. The zero-order chi connectivity index (χ0) is 21.1. The summed E-state index contributed by atoms with van der Waals surface area (Å²) < 4.78 is 41.6. The lowest BCUT2D eigenvalue weighted by molar-refractivity contribution is 0.0951. The van der Waals surface area contributed by atoms with Gasteiger partial charge < -0.3 is 5.32 Å². The van der Waals surface area contributed by atoms with Crippen molar-refractivity contribution in [2.45, 2.75) is 0 Å². The van der Waals surface area contributed by atoms with Crippen LogP contribution in [0.1, 0.15) is 10.5 Å². The van der Waals surface area contributed by atoms with Crippen LogP contribution in [0.25, 0.3) is 16.8 Å². The third kappa shape index (κ3) is 4.46. The van der Waals surface area contributed by atoms with E-state index in [0.29, 0.717) is 16.9 Å². The molecule has 0 fully saturated rings. The van der Waals surface area contributed by atoms with Crippen molar-refractivity contribution in [1.29, 1.82) is 0 Å². The van der Waals surface area contributed by atoms with Crippen LogP contribution in [0.2, 0.25) is 0 Å². The van der Waals surface area contributed by atoms with Gasteiger partial charge in [0.15, 0.2) is 0 Å². The molecule has 1 aromatic carbocycles. The minimum atomic E-state index is -3.66. The van der Waals surface area contributed by atoms with Gasteiger partial charge in [-0.1, -0.05) is 0 Å². The van der Waals surface area contributed by atoms with Gasteiger partial charge in [-0.3, -0.25) is 14.6 Å². The highest BCUT2D eigenvalue weighted by Crippen LogP contribution is 2.18. The quantitative estimate of drug-likeness (QED) is 0.416. The second-order valence-corrected chi connectivity index (χ2v) is 8.31. The molecule has 3 N–H and O–H groups in total. The maximum absolute atomic E-state index is 13.0. The number of anilines is 1. The van der Waals surface area contributed by atoms with Crippen molar-refractivity contribution in [3.63, 3.8) is 0 Å². The number of sulfonamides is 1. The third-order valence-electron chi connectivity index (χ3n) is 4.29. The van der Waals surface area contributed by atoms with Crippen molar-refractivity contribution in [2.75, 3.05) is 17.0 Å². The van der Waals surface area contributed by atoms with Gasteiger partial charge in [-0.25, -0.2) is 17.3 Å². The Balaban J connectivity index is 1.33. The van der Waals surface area contributed by atoms with Gasteiger partial charge in [0.05, 0.1) is 22.7 Å². The zero-order valence-corrected chi connectivity index (χ0v) is 16.4. The molecule has 11 heteroatoms. The average molecular weight is 428 g/mol. The molecule has 0 aliphatic carbocycles. The first kappa shape index (κ1) is 19.6. The third-order valence-corrected chi connectivity index (χ3v) is 5.58. The van der Waals surface area contributed by atoms with Gasteiger partial charge in [0.1, 0.15) is 11.5 Å². The van der Waals surface area contributed by atoms with Gasteiger partial charge in [0, 0.05) is 24.5 Å². The molecule has 4 rings (SSSR count). The van der Waals surface area contributed by atoms with Crippen LogP contribution in [0, 0.1) is 5.82 Å². The zero-order valence-electron chi connectivity index (χ0n) is 15.5. The van der Waals surface area contributed by atoms with Crippen LogP contribution >= 0.6 is 0 Å². The lowest BCUT2D eigenvalue weighted by Gasteiger charge is -2.09. The van der Waals surface area contributed by atoms with E-state index < -0.39 is 15.9 Å². The highest BCUT2D eigenvalue weighted by atomic mass is 32.2. The molecule has 0 atom stereocenters. The fourth-order valence-corrected chi connectivity index (χ4v) is 3.78. The number of halogens is 1. The van der Waals surface area contributed by atoms with E-state index >= 15 is 0 Å². The van der Waals surface area contributed by atoms with Crippen LogP contribution in [-0.2, 0) is 10.0 Å². The summed E-state index contributed by atoms with van der Waals surface area (Å²) >= 11 is 0. The number of carbonyl (C=O) groups excluding carboxylic acids is 1. The van der Waals surface area contributed by atoms with Gasteiger partial charge in [-0.15, -0.1) is 0 Å². The second kappa shape index (κ2) is 7.95. The molecule has 0 aliphatic heterocycles. The number of H-pyrrole nitrogens is 1. The summed E-state index contributed by atoms with van der Waals surface area (Å²) in [6.07, 6.45) is 3.26. The van der Waals surface area contributed by atoms with Gasteiger partial charge in [0.25, 0.3) is 5.91 Å². The summed E-state index contributed by atoms with van der Waals surface area (Å²) in [5.41, 5.74) is 2.45. The Bertz CT molecular complexity index is 1300. The molecule has 1 amide bonds. The lowest BCUT2D eigenvalue weighted by atomic mass is 10.1. The Morgan fingerprint density at radius 3 is 2.73 bits per heavy atom. The Kier molecular flexibility index (Phi) is 5.19. The average Bonchev–Trinajstić information content (AvgIpc) is 3.37. The molecule has 0 aliphatic rings. The van der Waals surface area contributed by atoms with Crippen LogP contribution in [0.5, 0.6) is 0 Å². The predicted octanol–water partition coefficient (Wildman–Crippen LogP) is 2.04. The van der Waals surface area contributed by atoms with Crippen molar-refractivity contribution in [3.05, 3.63) is 72.4 Å². The summed E-state index contributed by atoms with van der Waals surface area (Å²) in [5.74, 6) is -1.17. The highest BCUT2D eigenvalue weighted by molar-refractivity contribution is 7.92. The van der Waals surface area contributed by atoms with Crippen molar-refractivity contribution < 1.29 is 17.6 Å². The number of pyridine rings is 1. The smallest absolute Gasteiger partial charge is 0.269 e. The Hall–Kier alpha value is -3.73. The van der Waals surface area contributed by atoms with Crippen LogP contribution in [-0.4, -0.2) is 46.4 Å². The fourth-order valence-electron chi connectivity index (χ4n) is 2.82. The van der Waals surface area contributed by atoms with E-state index in [2.05, 4.69) is 25.3 Å². The molecule has 0 spiro atoms. The number of amides is 1. The number of nitrogens with one attached hydrogen (secondary N) is 3. The number of fused-ring (bicyclic) bond motifs is 1. The first-order valence-electron chi connectivity index (χ1n) is 8.93. The summed E-state index contributed by atoms with van der Waals surface area (Å²) in [5, 5.41) is 13.2. The number of hydrogen-bond donors (Lipinski definition) is 3. The van der Waals surface area contributed by atoms with E-state index in [1.807, 2.05) is 0 Å². The normalized spacial score (nSPS) is 11.5. The maximum Gasteiger partial charge on any atom is 0.269 e. The van der Waals surface area contributed by atoms with E-state index in [-0.39, 0.29) is 23.8 Å². The summed E-state index contributed by atoms with van der Waals surface area (Å²) in [6, 6.07) is 12.2. The van der Waals surface area contributed by atoms with Gasteiger partial charge >= 0.3 is 0 Å². The summed E-state index contributed by atoms with van der Waals surface area (Å²) in [6.45, 7) is -0.0893. The van der Waals surface area contributed by atoms with Crippen LogP contribution in [0.3, 0.4) is 0 Å². The molecule has 0 saturated heterocycles. The van der Waals surface area contributed by atoms with Crippen LogP contribution < -0.4 is 10.0 Å². The molecule has 0 saturated carbocycles. The molecular formula is C19H17FN6O3S. The molecule has 0 radical (unpaired) electrons. The highest BCUT2D eigenvalue weighted by Gasteiger charge is 2.14. The maximum atomic E-state index is 13.0. The molecule has 0 bridgehead atoms. The van der Waals surface area contributed by atoms with Crippen molar-refractivity contribution >= 4 is 27.1 Å². The number of hydrogen-bond acceptors (Lipinski definition) is 5. The van der Waals surface area contributed by atoms with Crippen molar-refractivity contribution in [2.24, 2.45) is 0 Å². The lowest BCUT2D eigenvalue weighted by Crippen LogP contribution is -2.31. The van der Waals surface area contributed by atoms with Crippen LogP contribution in [0.15, 0.2) is 60.9 Å². The number of benzene rings is 1. The van der Waals surface area contributed by atoms with Crippen LogP contribution in [0.4, 0.5) is 10.1 Å². The minimum absolute atomic E-state index is 0.0893. The minimum Gasteiger partial charge on any atom is -0.350 e. The van der Waals surface area contributed by atoms with Crippen molar-refractivity contribution in [1.82, 2.24) is 25.1 Å². The van der Waals surface area contributed by atoms with Crippen molar-refractivity contribution in [3.8, 4) is 11.3 Å². The van der Waals surface area contributed by atoms with Gasteiger partial charge in [0.2, 0.25) is 10.0 Å². The molecule has 3 heterocycles. The largest absolute Gasteiger partial charge is 0.350 e. The first-order chi connectivity index (χ1) is 14.4. The SMILES string of the molecule is O=C(NCCS(=O)(=O)Nc1ccn2nccc2c1)c1cc(-c2ccc(F)cc2)n[nH]1. The molecule has 154 valence electrons. The molecular weight excluding hydrogens is 411 g/mol. The second-order valence-electron chi connectivity index (χ2n) is 6.47. The number of aromatic amines is 1. The molecule has 0 unspecified atom stereocenters. The van der Waals surface area contributed by atoms with Gasteiger partial charge in [-0.05, 0) is 48.5 Å². The van der Waals surface area contributed by atoms with E-state index in [4.69, 9.17) is 0 Å². The standard InChI is InChI=1S/C19H17FN6O3S/c20-14-3-1-13(2-4-14)17-12-18(24-23-17)19(27)21-8-10-30(28,29)25-15-6-9-26-16(11-15)5-7-22-26/h1-7,9,11-12,25H,8,10H2,(H,21,27)(H,23,24). The van der Waals surface area contributed by atoms with E-state index in [0.717, 1.165) is 5.52 Å².